The molecule has 2 heterocycles. The van der Waals surface area contributed by atoms with Crippen molar-refractivity contribution in [2.75, 3.05) is 52.5 Å². The Labute approximate surface area is 121 Å². The summed E-state index contributed by atoms with van der Waals surface area (Å²) in [4.78, 5) is 9.12. The number of aliphatic hydroxyl groups is 1. The molecule has 5 heteroatoms. The van der Waals surface area contributed by atoms with Crippen LogP contribution in [0.15, 0.2) is 24.5 Å². The van der Waals surface area contributed by atoms with Crippen molar-refractivity contribution in [3.8, 4) is 0 Å². The highest BCUT2D eigenvalue weighted by atomic mass is 16.5. The van der Waals surface area contributed by atoms with Gasteiger partial charge in [0.2, 0.25) is 0 Å². The topological polar surface area (TPSA) is 48.8 Å². The fourth-order valence-corrected chi connectivity index (χ4v) is 2.57. The SMILES string of the molecule is CC(c1cccnc1)N1CCN(CCOCCO)CC1. The highest BCUT2D eigenvalue weighted by Crippen LogP contribution is 2.20. The van der Waals surface area contributed by atoms with E-state index in [1.807, 2.05) is 18.5 Å². The van der Waals surface area contributed by atoms with Gasteiger partial charge in [-0.2, -0.15) is 0 Å². The van der Waals surface area contributed by atoms with Crippen molar-refractivity contribution >= 4 is 0 Å². The summed E-state index contributed by atoms with van der Waals surface area (Å²) in [6, 6.07) is 4.57. The van der Waals surface area contributed by atoms with Crippen molar-refractivity contribution in [3.63, 3.8) is 0 Å². The van der Waals surface area contributed by atoms with Gasteiger partial charge in [-0.1, -0.05) is 6.07 Å². The van der Waals surface area contributed by atoms with Gasteiger partial charge in [-0.05, 0) is 18.6 Å². The van der Waals surface area contributed by atoms with Crippen LogP contribution >= 0.6 is 0 Å². The van der Waals surface area contributed by atoms with Crippen LogP contribution in [0.3, 0.4) is 0 Å². The third-order valence-corrected chi connectivity index (χ3v) is 3.91. The van der Waals surface area contributed by atoms with Crippen molar-refractivity contribution in [1.29, 1.82) is 0 Å². The molecule has 0 radical (unpaired) electrons. The van der Waals surface area contributed by atoms with Crippen LogP contribution in [0.5, 0.6) is 0 Å². The average Bonchev–Trinajstić information content (AvgIpc) is 2.52. The molecule has 0 amide bonds. The normalized spacial score (nSPS) is 19.1. The van der Waals surface area contributed by atoms with Crippen molar-refractivity contribution in [2.24, 2.45) is 0 Å². The summed E-state index contributed by atoms with van der Waals surface area (Å²) in [5.74, 6) is 0. The van der Waals surface area contributed by atoms with Crippen LogP contribution in [0.25, 0.3) is 0 Å². The number of nitrogens with zero attached hydrogens (tertiary/aromatic N) is 3. The molecule has 1 N–H and O–H groups in total. The molecule has 0 aliphatic carbocycles. The number of pyridine rings is 1. The molecule has 5 nitrogen and oxygen atoms in total. The summed E-state index contributed by atoms with van der Waals surface area (Å²) >= 11 is 0. The van der Waals surface area contributed by atoms with Crippen LogP contribution in [0.2, 0.25) is 0 Å². The molecule has 0 aromatic carbocycles. The Hall–Kier alpha value is -1.01. The first-order valence-corrected chi connectivity index (χ1v) is 7.36. The van der Waals surface area contributed by atoms with E-state index in [-0.39, 0.29) is 6.61 Å². The molecule has 1 saturated heterocycles. The largest absolute Gasteiger partial charge is 0.394 e. The lowest BCUT2D eigenvalue weighted by molar-refractivity contribution is 0.0502. The van der Waals surface area contributed by atoms with Gasteiger partial charge in [0.25, 0.3) is 0 Å². The quantitative estimate of drug-likeness (QED) is 0.747. The molecule has 1 unspecified atom stereocenters. The van der Waals surface area contributed by atoms with Gasteiger partial charge in [0.15, 0.2) is 0 Å². The van der Waals surface area contributed by atoms with Crippen LogP contribution in [0, 0.1) is 0 Å². The molecule has 1 aromatic rings. The van der Waals surface area contributed by atoms with E-state index in [2.05, 4.69) is 27.8 Å². The minimum atomic E-state index is 0.108. The van der Waals surface area contributed by atoms with Crippen LogP contribution in [-0.4, -0.2) is 72.4 Å². The lowest BCUT2D eigenvalue weighted by atomic mass is 10.1. The summed E-state index contributed by atoms with van der Waals surface area (Å²) in [5, 5.41) is 8.66. The predicted octanol–water partition coefficient (Wildman–Crippen LogP) is 0.769. The van der Waals surface area contributed by atoms with E-state index in [0.29, 0.717) is 19.3 Å². The summed E-state index contributed by atoms with van der Waals surface area (Å²) in [6.45, 7) is 8.77. The van der Waals surface area contributed by atoms with E-state index in [0.717, 1.165) is 32.7 Å². The molecule has 1 atom stereocenters. The van der Waals surface area contributed by atoms with Crippen molar-refractivity contribution < 1.29 is 9.84 Å². The first-order chi connectivity index (χ1) is 9.81. The predicted molar refractivity (Wildman–Crippen MR) is 78.6 cm³/mol. The molecular formula is C15H25N3O2. The average molecular weight is 279 g/mol. The maximum Gasteiger partial charge on any atom is 0.0698 e. The third-order valence-electron chi connectivity index (χ3n) is 3.91. The van der Waals surface area contributed by atoms with E-state index >= 15 is 0 Å². The van der Waals surface area contributed by atoms with Crippen LogP contribution in [0.1, 0.15) is 18.5 Å². The van der Waals surface area contributed by atoms with E-state index < -0.39 is 0 Å². The number of hydrogen-bond donors (Lipinski definition) is 1. The molecule has 1 aliphatic rings. The van der Waals surface area contributed by atoms with E-state index in [9.17, 15) is 0 Å². The van der Waals surface area contributed by atoms with Gasteiger partial charge in [0.05, 0.1) is 19.8 Å². The molecule has 112 valence electrons. The Morgan fingerprint density at radius 3 is 2.75 bits per heavy atom. The van der Waals surface area contributed by atoms with Crippen molar-refractivity contribution in [1.82, 2.24) is 14.8 Å². The summed E-state index contributed by atoms with van der Waals surface area (Å²) < 4.78 is 5.32. The molecule has 0 spiro atoms. The van der Waals surface area contributed by atoms with Gasteiger partial charge in [0.1, 0.15) is 0 Å². The second kappa shape index (κ2) is 8.32. The lowest BCUT2D eigenvalue weighted by Gasteiger charge is -2.38. The number of aliphatic hydroxyl groups excluding tert-OH is 1. The lowest BCUT2D eigenvalue weighted by Crippen LogP contribution is -2.47. The molecule has 1 aliphatic heterocycles. The Bertz CT molecular complexity index is 367. The Morgan fingerprint density at radius 1 is 1.30 bits per heavy atom. The number of piperazine rings is 1. The zero-order valence-electron chi connectivity index (χ0n) is 12.2. The maximum absolute atomic E-state index is 8.66. The minimum Gasteiger partial charge on any atom is -0.394 e. The zero-order chi connectivity index (χ0) is 14.2. The third kappa shape index (κ3) is 4.52. The van der Waals surface area contributed by atoms with Gasteiger partial charge < -0.3 is 9.84 Å². The molecule has 1 aromatic heterocycles. The van der Waals surface area contributed by atoms with Crippen molar-refractivity contribution in [2.45, 2.75) is 13.0 Å². The fraction of sp³-hybridized carbons (Fsp3) is 0.667. The van der Waals surface area contributed by atoms with Gasteiger partial charge >= 0.3 is 0 Å². The highest BCUT2D eigenvalue weighted by Gasteiger charge is 2.21. The maximum atomic E-state index is 8.66. The Kier molecular flexibility index (Phi) is 6.39. The van der Waals surface area contributed by atoms with Gasteiger partial charge in [-0.3, -0.25) is 14.8 Å². The standard InChI is InChI=1S/C15H25N3O2/c1-14(15-3-2-4-16-13-15)18-7-5-17(6-8-18)9-11-20-12-10-19/h2-4,13-14,19H,5-12H2,1H3. The van der Waals surface area contributed by atoms with Crippen LogP contribution in [0.4, 0.5) is 0 Å². The van der Waals surface area contributed by atoms with E-state index in [4.69, 9.17) is 9.84 Å². The molecule has 0 saturated carbocycles. The second-order valence-corrected chi connectivity index (χ2v) is 5.18. The Balaban J connectivity index is 1.71. The molecule has 0 bridgehead atoms. The monoisotopic (exact) mass is 279 g/mol. The smallest absolute Gasteiger partial charge is 0.0698 e. The summed E-state index contributed by atoms with van der Waals surface area (Å²) in [5.41, 5.74) is 1.28. The number of hydrogen-bond acceptors (Lipinski definition) is 5. The van der Waals surface area contributed by atoms with Gasteiger partial charge in [-0.15, -0.1) is 0 Å². The zero-order valence-corrected chi connectivity index (χ0v) is 12.2. The molecular weight excluding hydrogens is 254 g/mol. The fourth-order valence-electron chi connectivity index (χ4n) is 2.57. The van der Waals surface area contributed by atoms with Gasteiger partial charge in [-0.25, -0.2) is 0 Å². The molecule has 20 heavy (non-hydrogen) atoms. The highest BCUT2D eigenvalue weighted by molar-refractivity contribution is 5.13. The number of aromatic nitrogens is 1. The Morgan fingerprint density at radius 2 is 2.10 bits per heavy atom. The van der Waals surface area contributed by atoms with E-state index in [1.165, 1.54) is 5.56 Å². The minimum absolute atomic E-state index is 0.108. The molecule has 2 rings (SSSR count). The second-order valence-electron chi connectivity index (χ2n) is 5.18. The van der Waals surface area contributed by atoms with Crippen LogP contribution < -0.4 is 0 Å². The first-order valence-electron chi connectivity index (χ1n) is 7.36. The first kappa shape index (κ1) is 15.4. The molecule has 1 fully saturated rings. The summed E-state index contributed by atoms with van der Waals surface area (Å²) in [7, 11) is 0. The number of rotatable bonds is 7. The number of ether oxygens (including phenoxy) is 1. The summed E-state index contributed by atoms with van der Waals surface area (Å²) in [6.07, 6.45) is 3.78. The van der Waals surface area contributed by atoms with Crippen molar-refractivity contribution in [3.05, 3.63) is 30.1 Å². The van der Waals surface area contributed by atoms with E-state index in [1.54, 1.807) is 0 Å². The van der Waals surface area contributed by atoms with Gasteiger partial charge in [0, 0.05) is 51.2 Å². The van der Waals surface area contributed by atoms with Crippen LogP contribution in [-0.2, 0) is 4.74 Å².